The highest BCUT2D eigenvalue weighted by Crippen LogP contribution is 2.02. The van der Waals surface area contributed by atoms with E-state index >= 15 is 0 Å². The first-order valence-corrected chi connectivity index (χ1v) is 7.26. The Bertz CT molecular complexity index is 256. The lowest BCUT2D eigenvalue weighted by Gasteiger charge is -2.26. The predicted molar refractivity (Wildman–Crippen MR) is 77.8 cm³/mol. The number of rotatable bonds is 9. The van der Waals surface area contributed by atoms with Gasteiger partial charge in [0.1, 0.15) is 0 Å². The zero-order valence-corrected chi connectivity index (χ0v) is 13.2. The third-order valence-electron chi connectivity index (χ3n) is 3.07. The van der Waals surface area contributed by atoms with Gasteiger partial charge >= 0.3 is 12.2 Å². The summed E-state index contributed by atoms with van der Waals surface area (Å²) in [6, 6.07) is 0. The van der Waals surface area contributed by atoms with Crippen LogP contribution in [0.3, 0.4) is 0 Å². The van der Waals surface area contributed by atoms with Crippen molar-refractivity contribution in [1.82, 2.24) is 9.80 Å². The van der Waals surface area contributed by atoms with Crippen molar-refractivity contribution in [1.29, 1.82) is 0 Å². The van der Waals surface area contributed by atoms with Gasteiger partial charge in [-0.25, -0.2) is 9.59 Å². The van der Waals surface area contributed by atoms with E-state index in [0.29, 0.717) is 26.2 Å². The molecule has 2 amide bonds. The second kappa shape index (κ2) is 11.4. The molecule has 0 unspecified atom stereocenters. The summed E-state index contributed by atoms with van der Waals surface area (Å²) in [5.74, 6) is 0. The van der Waals surface area contributed by atoms with Crippen LogP contribution in [0.25, 0.3) is 0 Å². The third kappa shape index (κ3) is 7.21. The Morgan fingerprint density at radius 1 is 0.750 bits per heavy atom. The average molecular weight is 288 g/mol. The Morgan fingerprint density at radius 3 is 1.35 bits per heavy atom. The van der Waals surface area contributed by atoms with E-state index in [1.165, 1.54) is 14.2 Å². The van der Waals surface area contributed by atoms with Gasteiger partial charge in [0.05, 0.1) is 14.2 Å². The maximum atomic E-state index is 11.7. The molecule has 0 radical (unpaired) electrons. The average Bonchev–Trinajstić information content (AvgIpc) is 2.48. The number of hydrogen-bond acceptors (Lipinski definition) is 4. The number of carbonyl (C=O) groups is 2. The van der Waals surface area contributed by atoms with Crippen molar-refractivity contribution < 1.29 is 19.1 Å². The summed E-state index contributed by atoms with van der Waals surface area (Å²) < 4.78 is 9.52. The predicted octanol–water partition coefficient (Wildman–Crippen LogP) is 2.72. The minimum absolute atomic E-state index is 0.348. The van der Waals surface area contributed by atoms with Gasteiger partial charge in [-0.1, -0.05) is 26.7 Å². The summed E-state index contributed by atoms with van der Waals surface area (Å²) >= 11 is 0. The minimum Gasteiger partial charge on any atom is -0.453 e. The largest absolute Gasteiger partial charge is 0.453 e. The van der Waals surface area contributed by atoms with E-state index in [9.17, 15) is 9.59 Å². The van der Waals surface area contributed by atoms with Crippen molar-refractivity contribution in [3.8, 4) is 0 Å². The van der Waals surface area contributed by atoms with Crippen LogP contribution < -0.4 is 0 Å². The van der Waals surface area contributed by atoms with Gasteiger partial charge < -0.3 is 19.3 Å². The van der Waals surface area contributed by atoms with Crippen LogP contribution in [0.2, 0.25) is 0 Å². The van der Waals surface area contributed by atoms with Crippen LogP contribution in [-0.4, -0.2) is 62.4 Å². The lowest BCUT2D eigenvalue weighted by molar-refractivity contribution is 0.102. The van der Waals surface area contributed by atoms with E-state index in [2.05, 4.69) is 13.8 Å². The molecule has 0 N–H and O–H groups in total. The molecule has 0 fully saturated rings. The summed E-state index contributed by atoms with van der Waals surface area (Å²) in [5.41, 5.74) is 0. The Balaban J connectivity index is 4.43. The second-order valence-corrected chi connectivity index (χ2v) is 4.62. The number of carbonyl (C=O) groups excluding carboxylic acids is 2. The molecule has 0 aromatic heterocycles. The van der Waals surface area contributed by atoms with Gasteiger partial charge in [-0.05, 0) is 12.8 Å². The molecule has 0 aromatic carbocycles. The smallest absolute Gasteiger partial charge is 0.409 e. The van der Waals surface area contributed by atoms with E-state index in [1.54, 1.807) is 9.80 Å². The molecule has 6 nitrogen and oxygen atoms in total. The Morgan fingerprint density at radius 2 is 1.10 bits per heavy atom. The first-order chi connectivity index (χ1) is 9.60. The van der Waals surface area contributed by atoms with E-state index in [4.69, 9.17) is 9.47 Å². The summed E-state index contributed by atoms with van der Waals surface area (Å²) in [6.45, 7) is 6.35. The molecule has 0 bridgehead atoms. The maximum Gasteiger partial charge on any atom is 0.409 e. The van der Waals surface area contributed by atoms with Gasteiger partial charge in [-0.15, -0.1) is 0 Å². The summed E-state index contributed by atoms with van der Waals surface area (Å²) in [7, 11) is 2.74. The SMILES string of the molecule is CCCCN(CCN(CCCC)C(=O)OC)C(=O)OC. The highest BCUT2D eigenvalue weighted by Gasteiger charge is 2.18. The fraction of sp³-hybridized carbons (Fsp3) is 0.857. The molecule has 0 saturated carbocycles. The lowest BCUT2D eigenvalue weighted by Crippen LogP contribution is -2.41. The number of hydrogen-bond donors (Lipinski definition) is 0. The number of unbranched alkanes of at least 4 members (excludes halogenated alkanes) is 2. The van der Waals surface area contributed by atoms with Crippen LogP contribution in [0, 0.1) is 0 Å². The fourth-order valence-electron chi connectivity index (χ4n) is 1.79. The van der Waals surface area contributed by atoms with Crippen LogP contribution in [0.1, 0.15) is 39.5 Å². The Hall–Kier alpha value is -1.46. The molecule has 6 heteroatoms. The van der Waals surface area contributed by atoms with Crippen LogP contribution in [-0.2, 0) is 9.47 Å². The molecular weight excluding hydrogens is 260 g/mol. The summed E-state index contributed by atoms with van der Waals surface area (Å²) in [6.07, 6.45) is 3.15. The van der Waals surface area contributed by atoms with Crippen molar-refractivity contribution in [2.45, 2.75) is 39.5 Å². The van der Waals surface area contributed by atoms with Crippen LogP contribution in [0.4, 0.5) is 9.59 Å². The number of nitrogens with zero attached hydrogens (tertiary/aromatic N) is 2. The molecule has 20 heavy (non-hydrogen) atoms. The van der Waals surface area contributed by atoms with Crippen LogP contribution in [0.15, 0.2) is 0 Å². The molecule has 0 aliphatic heterocycles. The first-order valence-electron chi connectivity index (χ1n) is 7.26. The molecule has 0 aliphatic carbocycles. The summed E-state index contributed by atoms with van der Waals surface area (Å²) in [4.78, 5) is 26.6. The van der Waals surface area contributed by atoms with Crippen LogP contribution in [0.5, 0.6) is 0 Å². The zero-order valence-electron chi connectivity index (χ0n) is 13.2. The second-order valence-electron chi connectivity index (χ2n) is 4.62. The third-order valence-corrected chi connectivity index (χ3v) is 3.07. The van der Waals surface area contributed by atoms with Gasteiger partial charge in [0.25, 0.3) is 0 Å². The van der Waals surface area contributed by atoms with Gasteiger partial charge in [0.2, 0.25) is 0 Å². The molecule has 0 spiro atoms. The molecule has 0 rings (SSSR count). The number of amides is 2. The topological polar surface area (TPSA) is 59.1 Å². The normalized spacial score (nSPS) is 10.0. The lowest BCUT2D eigenvalue weighted by atomic mass is 10.3. The zero-order chi connectivity index (χ0) is 15.4. The van der Waals surface area contributed by atoms with Crippen LogP contribution >= 0.6 is 0 Å². The standard InChI is InChI=1S/C14H28N2O4/c1-5-7-9-15(13(17)19-3)11-12-16(10-8-6-2)14(18)20-4/h5-12H2,1-4H3. The van der Waals surface area contributed by atoms with Gasteiger partial charge in [0.15, 0.2) is 0 Å². The van der Waals surface area contributed by atoms with Gasteiger partial charge in [-0.2, -0.15) is 0 Å². The van der Waals surface area contributed by atoms with Crippen molar-refractivity contribution in [3.05, 3.63) is 0 Å². The first kappa shape index (κ1) is 18.5. The Kier molecular flexibility index (Phi) is 10.5. The highest BCUT2D eigenvalue weighted by molar-refractivity contribution is 5.68. The van der Waals surface area contributed by atoms with E-state index < -0.39 is 0 Å². The van der Waals surface area contributed by atoms with Crippen molar-refractivity contribution in [3.63, 3.8) is 0 Å². The Labute approximate surface area is 122 Å². The summed E-state index contributed by atoms with van der Waals surface area (Å²) in [5, 5.41) is 0. The maximum absolute atomic E-state index is 11.7. The van der Waals surface area contributed by atoms with Gasteiger partial charge in [0, 0.05) is 26.2 Å². The monoisotopic (exact) mass is 288 g/mol. The fourth-order valence-corrected chi connectivity index (χ4v) is 1.79. The molecular formula is C14H28N2O4. The van der Waals surface area contributed by atoms with Crippen molar-refractivity contribution in [2.75, 3.05) is 40.4 Å². The van der Waals surface area contributed by atoms with E-state index in [1.807, 2.05) is 0 Å². The number of ether oxygens (including phenoxy) is 2. The molecule has 0 aromatic rings. The molecule has 118 valence electrons. The number of methoxy groups -OCH3 is 2. The molecule has 0 aliphatic rings. The highest BCUT2D eigenvalue weighted by atomic mass is 16.5. The molecule has 0 heterocycles. The van der Waals surface area contributed by atoms with Gasteiger partial charge in [-0.3, -0.25) is 0 Å². The quantitative estimate of drug-likeness (QED) is 0.654. The molecule has 0 saturated heterocycles. The van der Waals surface area contributed by atoms with E-state index in [0.717, 1.165) is 25.7 Å². The van der Waals surface area contributed by atoms with E-state index in [-0.39, 0.29) is 12.2 Å². The van der Waals surface area contributed by atoms with Crippen molar-refractivity contribution in [2.24, 2.45) is 0 Å². The van der Waals surface area contributed by atoms with Crippen molar-refractivity contribution >= 4 is 12.2 Å². The minimum atomic E-state index is -0.348. The molecule has 0 atom stereocenters.